The third kappa shape index (κ3) is 4.24. The molecule has 0 saturated carbocycles. The number of ether oxygens (including phenoxy) is 1. The second kappa shape index (κ2) is 6.47. The predicted molar refractivity (Wildman–Crippen MR) is 68.1 cm³/mol. The Kier molecular flexibility index (Phi) is 5.25. The molecule has 3 N–H and O–H groups in total. The molecule has 0 aliphatic rings. The van der Waals surface area contributed by atoms with E-state index in [-0.39, 0.29) is 18.4 Å². The van der Waals surface area contributed by atoms with Crippen LogP contribution in [0.2, 0.25) is 5.02 Å². The first-order chi connectivity index (χ1) is 8.04. The van der Waals surface area contributed by atoms with E-state index in [1.54, 1.807) is 19.1 Å². The van der Waals surface area contributed by atoms with Gasteiger partial charge in [0.15, 0.2) is 0 Å². The van der Waals surface area contributed by atoms with Gasteiger partial charge in [0.25, 0.3) is 0 Å². The summed E-state index contributed by atoms with van der Waals surface area (Å²) in [5.74, 6) is 0.0408. The minimum absolute atomic E-state index is 0.272. The van der Waals surface area contributed by atoms with Gasteiger partial charge in [0.1, 0.15) is 5.75 Å². The second-order valence-electron chi connectivity index (χ2n) is 3.90. The number of amides is 1. The van der Waals surface area contributed by atoms with E-state index in [4.69, 9.17) is 22.1 Å². The standard InChI is InChI=1S/C12H17ClN2O2/c1-8(12(14)16)7-17-11-4-3-10(13)5-9(11)6-15-2/h3-5,8,15H,6-7H2,1-2H3,(H2,14,16). The third-order valence-electron chi connectivity index (χ3n) is 2.36. The lowest BCUT2D eigenvalue weighted by molar-refractivity contribution is -0.122. The van der Waals surface area contributed by atoms with Crippen molar-refractivity contribution in [1.29, 1.82) is 0 Å². The number of nitrogens with one attached hydrogen (secondary N) is 1. The first kappa shape index (κ1) is 13.8. The molecule has 1 aromatic rings. The number of rotatable bonds is 6. The Hall–Kier alpha value is -1.26. The molecular weight excluding hydrogens is 240 g/mol. The summed E-state index contributed by atoms with van der Waals surface area (Å²) < 4.78 is 5.57. The highest BCUT2D eigenvalue weighted by molar-refractivity contribution is 6.30. The van der Waals surface area contributed by atoms with Crippen LogP contribution in [0, 0.1) is 5.92 Å². The monoisotopic (exact) mass is 256 g/mol. The highest BCUT2D eigenvalue weighted by Crippen LogP contribution is 2.23. The largest absolute Gasteiger partial charge is 0.492 e. The summed E-state index contributed by atoms with van der Waals surface area (Å²) >= 11 is 5.91. The maximum absolute atomic E-state index is 10.9. The lowest BCUT2D eigenvalue weighted by Gasteiger charge is -2.14. The Bertz CT molecular complexity index is 396. The van der Waals surface area contributed by atoms with Gasteiger partial charge in [-0.15, -0.1) is 0 Å². The predicted octanol–water partition coefficient (Wildman–Crippen LogP) is 1.56. The van der Waals surface area contributed by atoms with Crippen LogP contribution in [0.15, 0.2) is 18.2 Å². The molecule has 0 aromatic heterocycles. The van der Waals surface area contributed by atoms with Crippen molar-refractivity contribution in [3.05, 3.63) is 28.8 Å². The molecule has 0 aliphatic heterocycles. The van der Waals surface area contributed by atoms with Crippen LogP contribution in [0.25, 0.3) is 0 Å². The average molecular weight is 257 g/mol. The van der Waals surface area contributed by atoms with Crippen LogP contribution in [-0.4, -0.2) is 19.6 Å². The number of carbonyl (C=O) groups excluding carboxylic acids is 1. The molecule has 94 valence electrons. The van der Waals surface area contributed by atoms with Crippen LogP contribution >= 0.6 is 11.6 Å². The second-order valence-corrected chi connectivity index (χ2v) is 4.33. The Labute approximate surface area is 106 Å². The van der Waals surface area contributed by atoms with Gasteiger partial charge in [-0.2, -0.15) is 0 Å². The van der Waals surface area contributed by atoms with Gasteiger partial charge in [0, 0.05) is 17.1 Å². The number of halogens is 1. The molecule has 1 unspecified atom stereocenters. The summed E-state index contributed by atoms with van der Waals surface area (Å²) in [6.07, 6.45) is 0. The van der Waals surface area contributed by atoms with Crippen LogP contribution in [0.4, 0.5) is 0 Å². The van der Waals surface area contributed by atoms with Gasteiger partial charge < -0.3 is 15.8 Å². The third-order valence-corrected chi connectivity index (χ3v) is 2.60. The zero-order valence-electron chi connectivity index (χ0n) is 10.00. The van der Waals surface area contributed by atoms with Gasteiger partial charge in [-0.1, -0.05) is 18.5 Å². The molecule has 0 fully saturated rings. The van der Waals surface area contributed by atoms with Crippen molar-refractivity contribution in [3.8, 4) is 5.75 Å². The highest BCUT2D eigenvalue weighted by Gasteiger charge is 2.11. The van der Waals surface area contributed by atoms with E-state index in [1.807, 2.05) is 13.1 Å². The fourth-order valence-corrected chi connectivity index (χ4v) is 1.51. The number of hydrogen-bond acceptors (Lipinski definition) is 3. The lowest BCUT2D eigenvalue weighted by Crippen LogP contribution is -2.26. The molecule has 1 amide bonds. The average Bonchev–Trinajstić information content (AvgIpc) is 2.28. The van der Waals surface area contributed by atoms with Gasteiger partial charge >= 0.3 is 0 Å². The summed E-state index contributed by atoms with van der Waals surface area (Å²) in [5.41, 5.74) is 6.12. The molecule has 17 heavy (non-hydrogen) atoms. The Morgan fingerprint density at radius 2 is 2.29 bits per heavy atom. The van der Waals surface area contributed by atoms with Gasteiger partial charge in [0.2, 0.25) is 5.91 Å². The molecule has 1 aromatic carbocycles. The molecule has 5 heteroatoms. The first-order valence-corrected chi connectivity index (χ1v) is 5.77. The van der Waals surface area contributed by atoms with Crippen molar-refractivity contribution in [3.63, 3.8) is 0 Å². The van der Waals surface area contributed by atoms with Crippen LogP contribution in [-0.2, 0) is 11.3 Å². The summed E-state index contributed by atoms with van der Waals surface area (Å²) in [4.78, 5) is 10.9. The zero-order valence-corrected chi connectivity index (χ0v) is 10.8. The van der Waals surface area contributed by atoms with E-state index in [2.05, 4.69) is 5.32 Å². The van der Waals surface area contributed by atoms with E-state index in [9.17, 15) is 4.79 Å². The summed E-state index contributed by atoms with van der Waals surface area (Å²) in [7, 11) is 1.84. The summed E-state index contributed by atoms with van der Waals surface area (Å²) in [6, 6.07) is 5.38. The molecule has 0 aliphatic carbocycles. The normalized spacial score (nSPS) is 12.2. The van der Waals surface area contributed by atoms with Gasteiger partial charge in [-0.3, -0.25) is 4.79 Å². The van der Waals surface area contributed by atoms with Gasteiger partial charge in [0.05, 0.1) is 12.5 Å². The fraction of sp³-hybridized carbons (Fsp3) is 0.417. The smallest absolute Gasteiger partial charge is 0.223 e. The van der Waals surface area contributed by atoms with Crippen LogP contribution < -0.4 is 15.8 Å². The Morgan fingerprint density at radius 3 is 2.88 bits per heavy atom. The summed E-state index contributed by atoms with van der Waals surface area (Å²) in [6.45, 7) is 2.66. The van der Waals surface area contributed by atoms with Crippen molar-refractivity contribution < 1.29 is 9.53 Å². The molecule has 0 radical (unpaired) electrons. The molecule has 0 spiro atoms. The number of nitrogens with two attached hydrogens (primary N) is 1. The number of primary amides is 1. The Morgan fingerprint density at radius 1 is 1.59 bits per heavy atom. The quantitative estimate of drug-likeness (QED) is 0.812. The molecule has 0 saturated heterocycles. The fourth-order valence-electron chi connectivity index (χ4n) is 1.31. The van der Waals surface area contributed by atoms with Gasteiger partial charge in [-0.25, -0.2) is 0 Å². The summed E-state index contributed by atoms with van der Waals surface area (Å²) in [5, 5.41) is 3.69. The van der Waals surface area contributed by atoms with E-state index >= 15 is 0 Å². The van der Waals surface area contributed by atoms with Crippen molar-refractivity contribution in [2.75, 3.05) is 13.7 Å². The number of hydrogen-bond donors (Lipinski definition) is 2. The van der Waals surface area contributed by atoms with Crippen molar-refractivity contribution in [1.82, 2.24) is 5.32 Å². The number of benzene rings is 1. The minimum Gasteiger partial charge on any atom is -0.492 e. The van der Waals surface area contributed by atoms with Crippen LogP contribution in [0.3, 0.4) is 0 Å². The van der Waals surface area contributed by atoms with Crippen molar-refractivity contribution in [2.24, 2.45) is 11.7 Å². The molecule has 1 atom stereocenters. The lowest BCUT2D eigenvalue weighted by atomic mass is 10.1. The van der Waals surface area contributed by atoms with Crippen LogP contribution in [0.1, 0.15) is 12.5 Å². The van der Waals surface area contributed by atoms with E-state index in [0.29, 0.717) is 11.6 Å². The van der Waals surface area contributed by atoms with Crippen LogP contribution in [0.5, 0.6) is 5.75 Å². The zero-order chi connectivity index (χ0) is 12.8. The molecule has 0 heterocycles. The van der Waals surface area contributed by atoms with Gasteiger partial charge in [-0.05, 0) is 25.2 Å². The first-order valence-electron chi connectivity index (χ1n) is 5.39. The SMILES string of the molecule is CNCc1cc(Cl)ccc1OCC(C)C(N)=O. The van der Waals surface area contributed by atoms with Crippen molar-refractivity contribution in [2.45, 2.75) is 13.5 Å². The van der Waals surface area contributed by atoms with Crippen molar-refractivity contribution >= 4 is 17.5 Å². The molecule has 0 bridgehead atoms. The topological polar surface area (TPSA) is 64.3 Å². The molecular formula is C12H17ClN2O2. The maximum atomic E-state index is 10.9. The number of carbonyl (C=O) groups is 1. The maximum Gasteiger partial charge on any atom is 0.223 e. The molecule has 1 rings (SSSR count). The highest BCUT2D eigenvalue weighted by atomic mass is 35.5. The minimum atomic E-state index is -0.367. The Balaban J connectivity index is 2.72. The molecule has 4 nitrogen and oxygen atoms in total. The van der Waals surface area contributed by atoms with E-state index in [0.717, 1.165) is 11.3 Å². The van der Waals surface area contributed by atoms with E-state index in [1.165, 1.54) is 0 Å². The van der Waals surface area contributed by atoms with E-state index < -0.39 is 0 Å².